The lowest BCUT2D eigenvalue weighted by molar-refractivity contribution is -0.132. The number of thiazole rings is 1. The van der Waals surface area contributed by atoms with E-state index in [1.807, 2.05) is 30.3 Å². The first kappa shape index (κ1) is 14.2. The van der Waals surface area contributed by atoms with Crippen molar-refractivity contribution in [1.82, 2.24) is 4.98 Å². The number of nitrogens with one attached hydrogen (secondary N) is 1. The minimum absolute atomic E-state index is 0.209. The maximum absolute atomic E-state index is 11.1. The third kappa shape index (κ3) is 3.89. The molecule has 2 aromatic rings. The summed E-state index contributed by atoms with van der Waals surface area (Å²) in [6.07, 6.45) is 0.598. The maximum Gasteiger partial charge on any atom is 0.309 e. The van der Waals surface area contributed by atoms with Crippen LogP contribution in [0.15, 0.2) is 30.3 Å². The normalized spacial score (nSPS) is 10.1. The summed E-state index contributed by atoms with van der Waals surface area (Å²) in [5.74, 6) is -0.381. The Hall–Kier alpha value is -2.21. The molecule has 1 aromatic carbocycles. The molecule has 0 aliphatic carbocycles. The maximum atomic E-state index is 11.1. The number of benzene rings is 1. The zero-order valence-electron chi connectivity index (χ0n) is 11.2. The van der Waals surface area contributed by atoms with Gasteiger partial charge < -0.3 is 10.1 Å². The fourth-order valence-corrected chi connectivity index (χ4v) is 2.62. The predicted octanol–water partition coefficient (Wildman–Crippen LogP) is 2.62. The molecule has 20 heavy (non-hydrogen) atoms. The lowest BCUT2D eigenvalue weighted by Crippen LogP contribution is -2.06. The number of carbonyl (C=O) groups excluding carboxylic acids is 2. The monoisotopic (exact) mass is 290 g/mol. The van der Waals surface area contributed by atoms with Crippen molar-refractivity contribution in [3.05, 3.63) is 40.8 Å². The van der Waals surface area contributed by atoms with Crippen LogP contribution in [0.3, 0.4) is 0 Å². The fourth-order valence-electron chi connectivity index (χ4n) is 1.65. The molecule has 6 heteroatoms. The Balaban J connectivity index is 2.26. The van der Waals surface area contributed by atoms with Crippen LogP contribution in [0, 0.1) is 0 Å². The fraction of sp³-hybridized carbons (Fsp3) is 0.214. The molecule has 1 heterocycles. The second-order valence-corrected chi connectivity index (χ2v) is 5.27. The van der Waals surface area contributed by atoms with E-state index in [1.165, 1.54) is 25.2 Å². The van der Waals surface area contributed by atoms with E-state index in [9.17, 15) is 9.59 Å². The number of hydrogen-bond donors (Lipinski definition) is 1. The van der Waals surface area contributed by atoms with Gasteiger partial charge in [-0.3, -0.25) is 9.59 Å². The molecule has 0 radical (unpaired) electrons. The molecule has 104 valence electrons. The molecule has 0 saturated heterocycles. The Bertz CT molecular complexity index is 623. The zero-order chi connectivity index (χ0) is 14.5. The summed E-state index contributed by atoms with van der Waals surface area (Å²) in [7, 11) is 0. The van der Waals surface area contributed by atoms with Gasteiger partial charge in [0.15, 0.2) is 5.13 Å². The van der Waals surface area contributed by atoms with Gasteiger partial charge in [-0.05, 0) is 5.56 Å². The van der Waals surface area contributed by atoms with Crippen molar-refractivity contribution < 1.29 is 14.3 Å². The number of aromatic nitrogens is 1. The summed E-state index contributed by atoms with van der Waals surface area (Å²) in [6.45, 7) is 2.73. The Morgan fingerprint density at radius 2 is 1.95 bits per heavy atom. The van der Waals surface area contributed by atoms with Gasteiger partial charge in [0.05, 0.1) is 4.88 Å². The van der Waals surface area contributed by atoms with Crippen molar-refractivity contribution in [3.63, 3.8) is 0 Å². The molecule has 0 aliphatic heterocycles. The molecule has 2 rings (SSSR count). The summed E-state index contributed by atoms with van der Waals surface area (Å²) >= 11 is 1.30. The Morgan fingerprint density at radius 3 is 2.55 bits per heavy atom. The molecule has 1 N–H and O–H groups in total. The van der Waals surface area contributed by atoms with Gasteiger partial charge in [0, 0.05) is 20.3 Å². The smallest absolute Gasteiger partial charge is 0.309 e. The highest BCUT2D eigenvalue weighted by Gasteiger charge is 2.15. The van der Waals surface area contributed by atoms with Gasteiger partial charge in [0.2, 0.25) is 11.8 Å². The molecule has 0 bridgehead atoms. The minimum Gasteiger partial charge on any atom is -0.406 e. The average Bonchev–Trinajstić information content (AvgIpc) is 2.70. The quantitative estimate of drug-likeness (QED) is 0.879. The topological polar surface area (TPSA) is 68.3 Å². The highest BCUT2D eigenvalue weighted by atomic mass is 32.1. The van der Waals surface area contributed by atoms with Crippen LogP contribution in [0.2, 0.25) is 0 Å². The van der Waals surface area contributed by atoms with Crippen molar-refractivity contribution in [2.75, 3.05) is 5.32 Å². The van der Waals surface area contributed by atoms with Crippen molar-refractivity contribution in [3.8, 4) is 5.88 Å². The first-order chi connectivity index (χ1) is 9.54. The standard InChI is InChI=1S/C14H14N2O3S/c1-9(17)15-14-16-13(19-10(2)18)12(20-14)8-11-6-4-3-5-7-11/h3-7H,8H2,1-2H3,(H,15,16,17). The summed E-state index contributed by atoms with van der Waals surface area (Å²) in [5, 5.41) is 3.03. The minimum atomic E-state index is -0.431. The Labute approximate surface area is 120 Å². The van der Waals surface area contributed by atoms with Crippen LogP contribution in [0.25, 0.3) is 0 Å². The third-order valence-corrected chi connectivity index (χ3v) is 3.34. The molecule has 0 spiro atoms. The van der Waals surface area contributed by atoms with Crippen LogP contribution in [-0.2, 0) is 16.0 Å². The Kier molecular flexibility index (Phi) is 4.47. The van der Waals surface area contributed by atoms with Gasteiger partial charge in [0.1, 0.15) is 0 Å². The van der Waals surface area contributed by atoms with Gasteiger partial charge in [-0.15, -0.1) is 0 Å². The third-order valence-electron chi connectivity index (χ3n) is 2.39. The molecular weight excluding hydrogens is 276 g/mol. The second-order valence-electron chi connectivity index (χ2n) is 4.18. The van der Waals surface area contributed by atoms with Crippen molar-refractivity contribution >= 4 is 28.3 Å². The molecule has 0 aliphatic rings. The van der Waals surface area contributed by atoms with E-state index in [2.05, 4.69) is 10.3 Å². The van der Waals surface area contributed by atoms with Crippen molar-refractivity contribution in [2.24, 2.45) is 0 Å². The number of ether oxygens (including phenoxy) is 1. The second kappa shape index (κ2) is 6.29. The molecule has 0 atom stereocenters. The van der Waals surface area contributed by atoms with Crippen molar-refractivity contribution in [2.45, 2.75) is 20.3 Å². The number of anilines is 1. The number of rotatable bonds is 4. The number of amides is 1. The largest absolute Gasteiger partial charge is 0.406 e. The molecule has 0 unspecified atom stereocenters. The summed E-state index contributed by atoms with van der Waals surface area (Å²) in [5.41, 5.74) is 1.08. The van der Waals surface area contributed by atoms with E-state index in [1.54, 1.807) is 0 Å². The number of carbonyl (C=O) groups is 2. The highest BCUT2D eigenvalue weighted by molar-refractivity contribution is 7.16. The lowest BCUT2D eigenvalue weighted by atomic mass is 10.1. The first-order valence-corrected chi connectivity index (χ1v) is 6.86. The van der Waals surface area contributed by atoms with E-state index >= 15 is 0 Å². The average molecular weight is 290 g/mol. The molecule has 5 nitrogen and oxygen atoms in total. The van der Waals surface area contributed by atoms with E-state index in [4.69, 9.17) is 4.74 Å². The molecule has 0 saturated carbocycles. The van der Waals surface area contributed by atoms with Crippen LogP contribution < -0.4 is 10.1 Å². The van der Waals surface area contributed by atoms with E-state index in [0.717, 1.165) is 10.4 Å². The van der Waals surface area contributed by atoms with Gasteiger partial charge >= 0.3 is 5.97 Å². The number of hydrogen-bond acceptors (Lipinski definition) is 5. The van der Waals surface area contributed by atoms with Crippen LogP contribution in [0.4, 0.5) is 5.13 Å². The van der Waals surface area contributed by atoms with Gasteiger partial charge in [-0.1, -0.05) is 41.7 Å². The molecule has 0 fully saturated rings. The molecular formula is C14H14N2O3S. The number of nitrogens with zero attached hydrogens (tertiary/aromatic N) is 1. The first-order valence-electron chi connectivity index (χ1n) is 6.04. The van der Waals surface area contributed by atoms with Crippen LogP contribution >= 0.6 is 11.3 Å². The van der Waals surface area contributed by atoms with Gasteiger partial charge in [0.25, 0.3) is 0 Å². The SMILES string of the molecule is CC(=O)Nc1nc(OC(C)=O)c(Cc2ccccc2)s1. The van der Waals surface area contributed by atoms with Gasteiger partial charge in [-0.2, -0.15) is 4.98 Å². The lowest BCUT2D eigenvalue weighted by Gasteiger charge is -2.01. The number of esters is 1. The Morgan fingerprint density at radius 1 is 1.25 bits per heavy atom. The van der Waals surface area contributed by atoms with E-state index in [0.29, 0.717) is 11.6 Å². The summed E-state index contributed by atoms with van der Waals surface area (Å²) < 4.78 is 5.09. The van der Waals surface area contributed by atoms with Gasteiger partial charge in [-0.25, -0.2) is 0 Å². The highest BCUT2D eigenvalue weighted by Crippen LogP contribution is 2.31. The molecule has 1 aromatic heterocycles. The van der Waals surface area contributed by atoms with Crippen LogP contribution in [0.1, 0.15) is 24.3 Å². The molecule has 1 amide bonds. The summed E-state index contributed by atoms with van der Waals surface area (Å²) in [4.78, 5) is 27.1. The van der Waals surface area contributed by atoms with E-state index in [-0.39, 0.29) is 11.8 Å². The van der Waals surface area contributed by atoms with Crippen LogP contribution in [-0.4, -0.2) is 16.9 Å². The zero-order valence-corrected chi connectivity index (χ0v) is 12.0. The van der Waals surface area contributed by atoms with E-state index < -0.39 is 5.97 Å². The van der Waals surface area contributed by atoms with Crippen LogP contribution in [0.5, 0.6) is 5.88 Å². The summed E-state index contributed by atoms with van der Waals surface area (Å²) in [6, 6.07) is 9.78. The predicted molar refractivity (Wildman–Crippen MR) is 77.0 cm³/mol. The van der Waals surface area contributed by atoms with Crippen molar-refractivity contribution in [1.29, 1.82) is 0 Å².